The zero-order valence-corrected chi connectivity index (χ0v) is 11.8. The van der Waals surface area contributed by atoms with E-state index in [4.69, 9.17) is 16.3 Å². The first kappa shape index (κ1) is 14.7. The second-order valence-corrected chi connectivity index (χ2v) is 5.15. The van der Waals surface area contributed by atoms with E-state index >= 15 is 0 Å². The van der Waals surface area contributed by atoms with Gasteiger partial charge >= 0.3 is 0 Å². The number of hydrogen-bond acceptors (Lipinski definition) is 4. The molecular formula is C13H15ClN2O4. The summed E-state index contributed by atoms with van der Waals surface area (Å²) in [7, 11) is 1.67. The molecule has 0 saturated carbocycles. The summed E-state index contributed by atoms with van der Waals surface area (Å²) >= 11 is 5.95. The average Bonchev–Trinajstić information content (AvgIpc) is 2.90. The molecule has 0 bridgehead atoms. The molecule has 0 aromatic heterocycles. The summed E-state index contributed by atoms with van der Waals surface area (Å²) in [6.07, 6.45) is 2.00. The molecule has 2 rings (SSSR count). The first-order chi connectivity index (χ1) is 9.49. The quantitative estimate of drug-likeness (QED) is 0.632. The number of carbonyl (C=O) groups excluding carboxylic acids is 1. The molecular weight excluding hydrogens is 284 g/mol. The van der Waals surface area contributed by atoms with Crippen LogP contribution in [0, 0.1) is 10.1 Å². The fourth-order valence-corrected chi connectivity index (χ4v) is 2.43. The third-order valence-corrected chi connectivity index (χ3v) is 3.55. The maximum atomic E-state index is 12.3. The largest absolute Gasteiger partial charge is 0.376 e. The fourth-order valence-electron chi connectivity index (χ4n) is 2.17. The van der Waals surface area contributed by atoms with Crippen molar-refractivity contribution in [3.8, 4) is 0 Å². The summed E-state index contributed by atoms with van der Waals surface area (Å²) < 4.78 is 5.47. The van der Waals surface area contributed by atoms with Crippen molar-refractivity contribution in [2.75, 3.05) is 20.2 Å². The minimum Gasteiger partial charge on any atom is -0.376 e. The second kappa shape index (κ2) is 6.19. The summed E-state index contributed by atoms with van der Waals surface area (Å²) in [6.45, 7) is 1.22. The van der Waals surface area contributed by atoms with E-state index in [1.165, 1.54) is 23.1 Å². The third kappa shape index (κ3) is 3.26. The Morgan fingerprint density at radius 1 is 1.60 bits per heavy atom. The molecule has 1 aromatic carbocycles. The van der Waals surface area contributed by atoms with Crippen LogP contribution in [0.4, 0.5) is 5.69 Å². The smallest absolute Gasteiger partial charge is 0.270 e. The predicted molar refractivity (Wildman–Crippen MR) is 74.0 cm³/mol. The third-order valence-electron chi connectivity index (χ3n) is 3.24. The number of amides is 1. The predicted octanol–water partition coefficient (Wildman–Crippen LogP) is 2.50. The fraction of sp³-hybridized carbons (Fsp3) is 0.462. The van der Waals surface area contributed by atoms with Crippen LogP contribution in [0.3, 0.4) is 0 Å². The van der Waals surface area contributed by atoms with Crippen LogP contribution < -0.4 is 0 Å². The lowest BCUT2D eigenvalue weighted by atomic mass is 10.1. The number of halogens is 1. The van der Waals surface area contributed by atoms with Crippen LogP contribution in [0.5, 0.6) is 0 Å². The summed E-state index contributed by atoms with van der Waals surface area (Å²) in [5.74, 6) is -0.264. The Hall–Kier alpha value is -1.66. The van der Waals surface area contributed by atoms with E-state index in [1.807, 2.05) is 0 Å². The molecule has 1 atom stereocenters. The van der Waals surface area contributed by atoms with Crippen molar-refractivity contribution in [3.63, 3.8) is 0 Å². The number of nitro groups is 1. The highest BCUT2D eigenvalue weighted by molar-refractivity contribution is 6.34. The van der Waals surface area contributed by atoms with Crippen LogP contribution in [0.15, 0.2) is 18.2 Å². The van der Waals surface area contributed by atoms with E-state index in [9.17, 15) is 14.9 Å². The Morgan fingerprint density at radius 2 is 2.35 bits per heavy atom. The van der Waals surface area contributed by atoms with Gasteiger partial charge in [0.2, 0.25) is 0 Å². The standard InChI is InChI=1S/C13H15ClN2O4/c1-15(8-10-3-2-6-20-10)13(17)11-5-4-9(16(18)19)7-12(11)14/h4-5,7,10H,2-3,6,8H2,1H3. The van der Waals surface area contributed by atoms with Crippen molar-refractivity contribution in [3.05, 3.63) is 38.9 Å². The molecule has 1 fully saturated rings. The summed E-state index contributed by atoms with van der Waals surface area (Å²) in [5, 5.41) is 10.7. The van der Waals surface area contributed by atoms with E-state index < -0.39 is 4.92 Å². The van der Waals surface area contributed by atoms with E-state index in [0.29, 0.717) is 6.54 Å². The summed E-state index contributed by atoms with van der Waals surface area (Å²) in [4.78, 5) is 23.9. The molecule has 1 amide bonds. The van der Waals surface area contributed by atoms with E-state index in [1.54, 1.807) is 7.05 Å². The van der Waals surface area contributed by atoms with Crippen LogP contribution >= 0.6 is 11.6 Å². The lowest BCUT2D eigenvalue weighted by Gasteiger charge is -2.21. The molecule has 6 nitrogen and oxygen atoms in total. The molecule has 0 spiro atoms. The monoisotopic (exact) mass is 298 g/mol. The number of carbonyl (C=O) groups is 1. The highest BCUT2D eigenvalue weighted by Gasteiger charge is 2.23. The van der Waals surface area contributed by atoms with Gasteiger partial charge in [0.25, 0.3) is 11.6 Å². The number of nitro benzene ring substituents is 1. The van der Waals surface area contributed by atoms with Gasteiger partial charge in [-0.2, -0.15) is 0 Å². The van der Waals surface area contributed by atoms with Crippen molar-refractivity contribution in [1.82, 2.24) is 4.90 Å². The number of ether oxygens (including phenoxy) is 1. The lowest BCUT2D eigenvalue weighted by molar-refractivity contribution is -0.384. The van der Waals surface area contributed by atoms with Gasteiger partial charge in [-0.05, 0) is 18.9 Å². The number of likely N-dealkylation sites (N-methyl/N-ethyl adjacent to an activating group) is 1. The Kier molecular flexibility index (Phi) is 4.57. The zero-order valence-electron chi connectivity index (χ0n) is 11.0. The first-order valence-corrected chi connectivity index (χ1v) is 6.68. The molecule has 0 N–H and O–H groups in total. The maximum Gasteiger partial charge on any atom is 0.270 e. The molecule has 1 unspecified atom stereocenters. The van der Waals surface area contributed by atoms with Crippen LogP contribution in [0.1, 0.15) is 23.2 Å². The van der Waals surface area contributed by atoms with Gasteiger partial charge in [-0.15, -0.1) is 0 Å². The van der Waals surface area contributed by atoms with E-state index in [0.717, 1.165) is 19.4 Å². The molecule has 0 aliphatic carbocycles. The molecule has 20 heavy (non-hydrogen) atoms. The number of nitrogens with zero attached hydrogens (tertiary/aromatic N) is 2. The molecule has 1 aliphatic rings. The SMILES string of the molecule is CN(CC1CCCO1)C(=O)c1ccc([N+](=O)[O-])cc1Cl. The van der Waals surface area contributed by atoms with E-state index in [-0.39, 0.29) is 28.3 Å². The van der Waals surface area contributed by atoms with Gasteiger partial charge in [-0.25, -0.2) is 0 Å². The molecule has 1 heterocycles. The lowest BCUT2D eigenvalue weighted by Crippen LogP contribution is -2.34. The van der Waals surface area contributed by atoms with Crippen molar-refractivity contribution >= 4 is 23.2 Å². The maximum absolute atomic E-state index is 12.3. The molecule has 0 radical (unpaired) electrons. The van der Waals surface area contributed by atoms with Gasteiger partial charge in [0.15, 0.2) is 0 Å². The highest BCUT2D eigenvalue weighted by atomic mass is 35.5. The van der Waals surface area contributed by atoms with Gasteiger partial charge in [0.1, 0.15) is 0 Å². The Morgan fingerprint density at radius 3 is 2.90 bits per heavy atom. The minimum absolute atomic E-state index is 0.0563. The van der Waals surface area contributed by atoms with Crippen molar-refractivity contribution in [2.24, 2.45) is 0 Å². The Balaban J connectivity index is 2.09. The van der Waals surface area contributed by atoms with Gasteiger partial charge < -0.3 is 9.64 Å². The average molecular weight is 299 g/mol. The topological polar surface area (TPSA) is 72.7 Å². The van der Waals surface area contributed by atoms with E-state index in [2.05, 4.69) is 0 Å². The molecule has 1 saturated heterocycles. The van der Waals surface area contributed by atoms with Crippen molar-refractivity contribution < 1.29 is 14.5 Å². The number of benzene rings is 1. The van der Waals surface area contributed by atoms with Crippen molar-refractivity contribution in [2.45, 2.75) is 18.9 Å². The molecule has 108 valence electrons. The molecule has 1 aliphatic heterocycles. The zero-order chi connectivity index (χ0) is 14.7. The minimum atomic E-state index is -0.545. The highest BCUT2D eigenvalue weighted by Crippen LogP contribution is 2.24. The molecule has 1 aromatic rings. The normalized spacial score (nSPS) is 18.0. The van der Waals surface area contributed by atoms with Gasteiger partial charge in [-0.1, -0.05) is 11.6 Å². The van der Waals surface area contributed by atoms with Gasteiger partial charge in [0.05, 0.1) is 21.6 Å². The molecule has 7 heteroatoms. The van der Waals surface area contributed by atoms with Crippen LogP contribution in [-0.2, 0) is 4.74 Å². The first-order valence-electron chi connectivity index (χ1n) is 6.30. The second-order valence-electron chi connectivity index (χ2n) is 4.74. The van der Waals surface area contributed by atoms with Crippen LogP contribution in [-0.4, -0.2) is 42.0 Å². The summed E-state index contributed by atoms with van der Waals surface area (Å²) in [6, 6.07) is 3.85. The Labute approximate surface area is 121 Å². The van der Waals surface area contributed by atoms with Crippen LogP contribution in [0.25, 0.3) is 0 Å². The van der Waals surface area contributed by atoms with Gasteiger partial charge in [0, 0.05) is 32.3 Å². The number of hydrogen-bond donors (Lipinski definition) is 0. The number of non-ortho nitro benzene ring substituents is 1. The summed E-state index contributed by atoms with van der Waals surface area (Å²) in [5.41, 5.74) is 0.131. The Bertz CT molecular complexity index is 529. The van der Waals surface area contributed by atoms with Gasteiger partial charge in [-0.3, -0.25) is 14.9 Å². The van der Waals surface area contributed by atoms with Crippen LogP contribution in [0.2, 0.25) is 5.02 Å². The number of rotatable bonds is 4. The van der Waals surface area contributed by atoms with Crippen molar-refractivity contribution in [1.29, 1.82) is 0 Å².